The summed E-state index contributed by atoms with van der Waals surface area (Å²) in [4.78, 5) is 13.8. The fraction of sp³-hybridized carbons (Fsp3) is 0.286. The van der Waals surface area contributed by atoms with Crippen LogP contribution in [0.1, 0.15) is 17.5 Å². The number of halogens is 1. The van der Waals surface area contributed by atoms with Crippen LogP contribution < -0.4 is 9.47 Å². The molecule has 0 aliphatic heterocycles. The van der Waals surface area contributed by atoms with Crippen molar-refractivity contribution >= 4 is 29.2 Å². The number of benzene rings is 2. The van der Waals surface area contributed by atoms with Crippen LogP contribution in [0.2, 0.25) is 5.02 Å². The molecule has 0 heterocycles. The number of hydrogen-bond acceptors (Lipinski definition) is 4. The summed E-state index contributed by atoms with van der Waals surface area (Å²) in [7, 11) is 5.53. The van der Waals surface area contributed by atoms with Gasteiger partial charge in [0.15, 0.2) is 11.5 Å². The normalized spacial score (nSPS) is 11.5. The molecule has 0 amide bonds. The highest BCUT2D eigenvalue weighted by atomic mass is 35.5. The molecule has 0 spiro atoms. The van der Waals surface area contributed by atoms with Crippen LogP contribution in [0.3, 0.4) is 0 Å². The first-order chi connectivity index (χ1) is 12.9. The molecule has 1 N–H and O–H groups in total. The molecule has 2 rings (SSSR count). The third-order valence-corrected chi connectivity index (χ3v) is 4.15. The summed E-state index contributed by atoms with van der Waals surface area (Å²) < 4.78 is 11.2. The van der Waals surface area contributed by atoms with E-state index < -0.39 is 5.97 Å². The van der Waals surface area contributed by atoms with Crippen molar-refractivity contribution < 1.29 is 19.4 Å². The molecule has 0 saturated carbocycles. The standard InChI is InChI=1S/C21H24ClNO4/c1-23(2)10-7-11-27-20-18(22)13-15(14-19(20)26-3)12-17(21(24)25)16-8-5-4-6-9-16/h4-6,8-9,12-14H,7,10-11H2,1-3H3,(H,24,25)/b17-12+. The van der Waals surface area contributed by atoms with Crippen molar-refractivity contribution in [3.8, 4) is 11.5 Å². The van der Waals surface area contributed by atoms with Crippen molar-refractivity contribution in [1.82, 2.24) is 4.90 Å². The van der Waals surface area contributed by atoms with E-state index in [0.717, 1.165) is 13.0 Å². The second-order valence-electron chi connectivity index (χ2n) is 6.27. The molecule has 2 aromatic carbocycles. The SMILES string of the molecule is COc1cc(/C=C(/C(=O)O)c2ccccc2)cc(Cl)c1OCCCN(C)C. The Bertz CT molecular complexity index is 803. The largest absolute Gasteiger partial charge is 0.493 e. The van der Waals surface area contributed by atoms with Crippen LogP contribution in [-0.2, 0) is 4.79 Å². The Labute approximate surface area is 164 Å². The molecular weight excluding hydrogens is 366 g/mol. The average Bonchev–Trinajstić information content (AvgIpc) is 2.64. The van der Waals surface area contributed by atoms with E-state index in [0.29, 0.717) is 34.3 Å². The predicted octanol–water partition coefficient (Wildman–Crippen LogP) is 4.30. The number of carboxylic acid groups (broad SMARTS) is 1. The van der Waals surface area contributed by atoms with E-state index in [2.05, 4.69) is 4.90 Å². The highest BCUT2D eigenvalue weighted by Gasteiger charge is 2.14. The van der Waals surface area contributed by atoms with Gasteiger partial charge in [-0.05, 0) is 49.9 Å². The van der Waals surface area contributed by atoms with Gasteiger partial charge in [-0.3, -0.25) is 0 Å². The van der Waals surface area contributed by atoms with Crippen molar-refractivity contribution in [3.05, 3.63) is 58.6 Å². The van der Waals surface area contributed by atoms with Crippen molar-refractivity contribution in [2.75, 3.05) is 34.4 Å². The average molecular weight is 390 g/mol. The van der Waals surface area contributed by atoms with Crippen molar-refractivity contribution in [2.24, 2.45) is 0 Å². The minimum atomic E-state index is -1.01. The molecular formula is C21H24ClNO4. The predicted molar refractivity (Wildman–Crippen MR) is 109 cm³/mol. The van der Waals surface area contributed by atoms with Gasteiger partial charge in [0, 0.05) is 6.54 Å². The maximum absolute atomic E-state index is 11.7. The summed E-state index contributed by atoms with van der Waals surface area (Å²) >= 11 is 6.37. The number of hydrogen-bond donors (Lipinski definition) is 1. The topological polar surface area (TPSA) is 59.0 Å². The van der Waals surface area contributed by atoms with Crippen LogP contribution in [0.4, 0.5) is 0 Å². The van der Waals surface area contributed by atoms with Crippen LogP contribution in [0.15, 0.2) is 42.5 Å². The monoisotopic (exact) mass is 389 g/mol. The van der Waals surface area contributed by atoms with Gasteiger partial charge in [0.25, 0.3) is 0 Å². The van der Waals surface area contributed by atoms with Gasteiger partial charge < -0.3 is 19.5 Å². The Hall–Kier alpha value is -2.50. The van der Waals surface area contributed by atoms with Gasteiger partial charge in [-0.15, -0.1) is 0 Å². The van der Waals surface area contributed by atoms with Crippen molar-refractivity contribution in [1.29, 1.82) is 0 Å². The second-order valence-corrected chi connectivity index (χ2v) is 6.68. The molecule has 0 saturated heterocycles. The van der Waals surface area contributed by atoms with Gasteiger partial charge in [-0.25, -0.2) is 4.79 Å². The van der Waals surface area contributed by atoms with E-state index in [1.807, 2.05) is 20.2 Å². The van der Waals surface area contributed by atoms with Gasteiger partial charge in [0.05, 0.1) is 24.3 Å². The molecule has 27 heavy (non-hydrogen) atoms. The zero-order chi connectivity index (χ0) is 19.8. The number of ether oxygens (including phenoxy) is 2. The first kappa shape index (κ1) is 20.8. The lowest BCUT2D eigenvalue weighted by molar-refractivity contribution is -0.130. The minimum Gasteiger partial charge on any atom is -0.493 e. The van der Waals surface area contributed by atoms with E-state index in [-0.39, 0.29) is 5.57 Å². The van der Waals surface area contributed by atoms with Gasteiger partial charge in [0.1, 0.15) is 0 Å². The highest BCUT2D eigenvalue weighted by molar-refractivity contribution is 6.32. The minimum absolute atomic E-state index is 0.174. The molecule has 5 nitrogen and oxygen atoms in total. The summed E-state index contributed by atoms with van der Waals surface area (Å²) in [5.74, 6) is -0.0802. The fourth-order valence-electron chi connectivity index (χ4n) is 2.57. The number of carbonyl (C=O) groups is 1. The molecule has 0 bridgehead atoms. The van der Waals surface area contributed by atoms with E-state index in [9.17, 15) is 9.90 Å². The molecule has 144 valence electrons. The van der Waals surface area contributed by atoms with Crippen molar-refractivity contribution in [2.45, 2.75) is 6.42 Å². The van der Waals surface area contributed by atoms with E-state index >= 15 is 0 Å². The van der Waals surface area contributed by atoms with Crippen LogP contribution in [0.5, 0.6) is 11.5 Å². The lowest BCUT2D eigenvalue weighted by Gasteiger charge is -2.15. The van der Waals surface area contributed by atoms with Crippen molar-refractivity contribution in [3.63, 3.8) is 0 Å². The molecule has 0 aliphatic carbocycles. The number of aliphatic carboxylic acids is 1. The zero-order valence-electron chi connectivity index (χ0n) is 15.7. The second kappa shape index (κ2) is 10.00. The van der Waals surface area contributed by atoms with E-state index in [1.54, 1.807) is 42.5 Å². The third-order valence-electron chi connectivity index (χ3n) is 3.87. The molecule has 0 aromatic heterocycles. The van der Waals surface area contributed by atoms with Gasteiger partial charge in [-0.1, -0.05) is 41.9 Å². The molecule has 0 fully saturated rings. The number of carboxylic acids is 1. The van der Waals surface area contributed by atoms with Crippen LogP contribution in [0.25, 0.3) is 11.6 Å². The summed E-state index contributed by atoms with van der Waals surface area (Å²) in [6, 6.07) is 12.3. The summed E-state index contributed by atoms with van der Waals surface area (Å²) in [6.45, 7) is 1.41. The smallest absolute Gasteiger partial charge is 0.336 e. The number of rotatable bonds is 9. The lowest BCUT2D eigenvalue weighted by Crippen LogP contribution is -2.15. The molecule has 0 radical (unpaired) electrons. The quantitative estimate of drug-likeness (QED) is 0.393. The Morgan fingerprint density at radius 1 is 1.22 bits per heavy atom. The summed E-state index contributed by atoms with van der Waals surface area (Å²) in [6.07, 6.45) is 2.42. The van der Waals surface area contributed by atoms with Gasteiger partial charge in [-0.2, -0.15) is 0 Å². The third kappa shape index (κ3) is 6.01. The summed E-state index contributed by atoms with van der Waals surface area (Å²) in [5, 5.41) is 9.94. The molecule has 0 atom stereocenters. The molecule has 6 heteroatoms. The molecule has 0 unspecified atom stereocenters. The Morgan fingerprint density at radius 3 is 2.52 bits per heavy atom. The number of methoxy groups -OCH3 is 1. The van der Waals surface area contributed by atoms with Crippen LogP contribution in [0, 0.1) is 0 Å². The van der Waals surface area contributed by atoms with Gasteiger partial charge >= 0.3 is 5.97 Å². The Kier molecular flexibility index (Phi) is 7.70. The van der Waals surface area contributed by atoms with Gasteiger partial charge in [0.2, 0.25) is 0 Å². The van der Waals surface area contributed by atoms with E-state index in [1.165, 1.54) is 7.11 Å². The first-order valence-corrected chi connectivity index (χ1v) is 8.95. The molecule has 0 aliphatic rings. The highest BCUT2D eigenvalue weighted by Crippen LogP contribution is 2.37. The first-order valence-electron chi connectivity index (χ1n) is 8.58. The Morgan fingerprint density at radius 2 is 1.93 bits per heavy atom. The maximum Gasteiger partial charge on any atom is 0.336 e. The van der Waals surface area contributed by atoms with Crippen LogP contribution >= 0.6 is 11.6 Å². The van der Waals surface area contributed by atoms with Crippen LogP contribution in [-0.4, -0.2) is 50.3 Å². The zero-order valence-corrected chi connectivity index (χ0v) is 16.5. The fourth-order valence-corrected chi connectivity index (χ4v) is 2.84. The maximum atomic E-state index is 11.7. The summed E-state index contributed by atoms with van der Waals surface area (Å²) in [5.41, 5.74) is 1.41. The lowest BCUT2D eigenvalue weighted by atomic mass is 10.0. The van der Waals surface area contributed by atoms with E-state index in [4.69, 9.17) is 21.1 Å². The Balaban J connectivity index is 2.30. The molecule has 2 aromatic rings. The number of nitrogens with zero attached hydrogens (tertiary/aromatic N) is 1.